The number of rotatable bonds is 3. The van der Waals surface area contributed by atoms with Crippen molar-refractivity contribution in [1.29, 1.82) is 0 Å². The van der Waals surface area contributed by atoms with Crippen LogP contribution in [0.15, 0.2) is 30.5 Å². The number of benzene rings is 1. The molecule has 0 spiro atoms. The fourth-order valence-corrected chi connectivity index (χ4v) is 1.49. The molecule has 4 nitrogen and oxygen atoms in total. The van der Waals surface area contributed by atoms with Gasteiger partial charge in [0.25, 0.3) is 0 Å². The van der Waals surface area contributed by atoms with Crippen LogP contribution < -0.4 is 10.5 Å². The van der Waals surface area contributed by atoms with E-state index in [0.717, 1.165) is 11.1 Å². The van der Waals surface area contributed by atoms with E-state index in [1.54, 1.807) is 30.1 Å². The number of aromatic nitrogens is 2. The van der Waals surface area contributed by atoms with E-state index < -0.39 is 6.61 Å². The van der Waals surface area contributed by atoms with Crippen molar-refractivity contribution >= 4 is 5.82 Å². The first kappa shape index (κ1) is 11.4. The predicted octanol–water partition coefficient (Wildman–Crippen LogP) is 2.27. The number of nitrogens with zero attached hydrogens (tertiary/aromatic N) is 2. The molecule has 0 saturated heterocycles. The van der Waals surface area contributed by atoms with Gasteiger partial charge in [0.15, 0.2) is 0 Å². The number of hydrogen-bond acceptors (Lipinski definition) is 3. The van der Waals surface area contributed by atoms with Gasteiger partial charge in [-0.25, -0.2) is 0 Å². The van der Waals surface area contributed by atoms with Crippen LogP contribution in [0.2, 0.25) is 0 Å². The molecule has 0 saturated carbocycles. The average molecular weight is 239 g/mol. The highest BCUT2D eigenvalue weighted by molar-refractivity contribution is 5.73. The van der Waals surface area contributed by atoms with E-state index in [9.17, 15) is 8.78 Å². The molecule has 17 heavy (non-hydrogen) atoms. The normalized spacial score (nSPS) is 10.8. The molecule has 90 valence electrons. The SMILES string of the molecule is Cn1ncc(-c2ccc(OC(F)F)cc2)c1N. The molecule has 2 N–H and O–H groups in total. The van der Waals surface area contributed by atoms with Crippen molar-refractivity contribution in [2.24, 2.45) is 7.05 Å². The molecule has 0 fully saturated rings. The Bertz CT molecular complexity index is 508. The fourth-order valence-electron chi connectivity index (χ4n) is 1.49. The van der Waals surface area contributed by atoms with Gasteiger partial charge in [-0.2, -0.15) is 13.9 Å². The highest BCUT2D eigenvalue weighted by Gasteiger charge is 2.08. The number of halogens is 2. The molecule has 6 heteroatoms. The van der Waals surface area contributed by atoms with Crippen molar-refractivity contribution < 1.29 is 13.5 Å². The molecule has 0 aliphatic rings. The second-order valence-electron chi connectivity index (χ2n) is 3.47. The van der Waals surface area contributed by atoms with Crippen LogP contribution >= 0.6 is 0 Å². The van der Waals surface area contributed by atoms with Gasteiger partial charge >= 0.3 is 6.61 Å². The fraction of sp³-hybridized carbons (Fsp3) is 0.182. The highest BCUT2D eigenvalue weighted by atomic mass is 19.3. The predicted molar refractivity (Wildman–Crippen MR) is 59.7 cm³/mol. The largest absolute Gasteiger partial charge is 0.435 e. The second kappa shape index (κ2) is 4.40. The first-order chi connectivity index (χ1) is 8.08. The quantitative estimate of drug-likeness (QED) is 0.893. The third kappa shape index (κ3) is 2.35. The minimum Gasteiger partial charge on any atom is -0.435 e. The van der Waals surface area contributed by atoms with Gasteiger partial charge in [0.05, 0.1) is 6.20 Å². The Morgan fingerprint density at radius 1 is 1.29 bits per heavy atom. The summed E-state index contributed by atoms with van der Waals surface area (Å²) in [6.45, 7) is -2.82. The summed E-state index contributed by atoms with van der Waals surface area (Å²) in [4.78, 5) is 0. The summed E-state index contributed by atoms with van der Waals surface area (Å²) in [6.07, 6.45) is 1.62. The summed E-state index contributed by atoms with van der Waals surface area (Å²) < 4.78 is 29.7. The molecule has 1 aromatic carbocycles. The van der Waals surface area contributed by atoms with Crippen molar-refractivity contribution in [2.45, 2.75) is 6.61 Å². The summed E-state index contributed by atoms with van der Waals surface area (Å²) in [5.41, 5.74) is 7.37. The number of alkyl halides is 2. The number of hydrogen-bond donors (Lipinski definition) is 1. The van der Waals surface area contributed by atoms with Gasteiger partial charge in [-0.3, -0.25) is 4.68 Å². The maximum Gasteiger partial charge on any atom is 0.387 e. The molecule has 0 aliphatic carbocycles. The molecule has 0 radical (unpaired) electrons. The number of nitrogen functional groups attached to an aromatic ring is 1. The molecule has 1 aromatic heterocycles. The van der Waals surface area contributed by atoms with Crippen LogP contribution in [0.3, 0.4) is 0 Å². The zero-order valence-electron chi connectivity index (χ0n) is 9.10. The molecular weight excluding hydrogens is 228 g/mol. The summed E-state index contributed by atoms with van der Waals surface area (Å²) in [5, 5.41) is 4.00. The van der Waals surface area contributed by atoms with Crippen LogP contribution in [0.4, 0.5) is 14.6 Å². The van der Waals surface area contributed by atoms with E-state index in [-0.39, 0.29) is 5.75 Å². The van der Waals surface area contributed by atoms with E-state index in [1.165, 1.54) is 12.1 Å². The maximum atomic E-state index is 12.0. The van der Waals surface area contributed by atoms with Crippen molar-refractivity contribution in [1.82, 2.24) is 9.78 Å². The van der Waals surface area contributed by atoms with Gasteiger partial charge in [-0.05, 0) is 17.7 Å². The number of nitrogens with two attached hydrogens (primary N) is 1. The lowest BCUT2D eigenvalue weighted by Crippen LogP contribution is -2.01. The monoisotopic (exact) mass is 239 g/mol. The van der Waals surface area contributed by atoms with E-state index in [0.29, 0.717) is 5.82 Å². The minimum absolute atomic E-state index is 0.117. The van der Waals surface area contributed by atoms with E-state index in [4.69, 9.17) is 5.73 Å². The van der Waals surface area contributed by atoms with Gasteiger partial charge < -0.3 is 10.5 Å². The zero-order valence-corrected chi connectivity index (χ0v) is 9.10. The Kier molecular flexibility index (Phi) is 2.95. The van der Waals surface area contributed by atoms with Crippen LogP contribution in [-0.2, 0) is 7.05 Å². The Morgan fingerprint density at radius 2 is 1.94 bits per heavy atom. The third-order valence-electron chi connectivity index (χ3n) is 2.38. The van der Waals surface area contributed by atoms with E-state index >= 15 is 0 Å². The number of aryl methyl sites for hydroxylation is 1. The minimum atomic E-state index is -2.82. The molecule has 2 aromatic rings. The first-order valence-electron chi connectivity index (χ1n) is 4.90. The van der Waals surface area contributed by atoms with Crippen molar-refractivity contribution in [2.75, 3.05) is 5.73 Å². The average Bonchev–Trinajstić information content (AvgIpc) is 2.60. The van der Waals surface area contributed by atoms with Gasteiger partial charge in [-0.1, -0.05) is 12.1 Å². The summed E-state index contributed by atoms with van der Waals surface area (Å²) in [5.74, 6) is 0.638. The Balaban J connectivity index is 2.26. The first-order valence-corrected chi connectivity index (χ1v) is 4.90. The molecule has 2 rings (SSSR count). The summed E-state index contributed by atoms with van der Waals surface area (Å²) in [6, 6.07) is 6.25. The van der Waals surface area contributed by atoms with Gasteiger partial charge in [0.1, 0.15) is 11.6 Å². The van der Waals surface area contributed by atoms with Crippen LogP contribution in [0.25, 0.3) is 11.1 Å². The lowest BCUT2D eigenvalue weighted by molar-refractivity contribution is -0.0498. The third-order valence-corrected chi connectivity index (χ3v) is 2.38. The smallest absolute Gasteiger partial charge is 0.387 e. The molecule has 0 bridgehead atoms. The second-order valence-corrected chi connectivity index (χ2v) is 3.47. The van der Waals surface area contributed by atoms with Gasteiger partial charge in [-0.15, -0.1) is 0 Å². The van der Waals surface area contributed by atoms with Crippen molar-refractivity contribution in [3.63, 3.8) is 0 Å². The Morgan fingerprint density at radius 3 is 2.41 bits per heavy atom. The summed E-state index contributed by atoms with van der Waals surface area (Å²) >= 11 is 0. The van der Waals surface area contributed by atoms with E-state index in [2.05, 4.69) is 9.84 Å². The van der Waals surface area contributed by atoms with Crippen molar-refractivity contribution in [3.8, 4) is 16.9 Å². The van der Waals surface area contributed by atoms with Crippen LogP contribution in [0.5, 0.6) is 5.75 Å². The Labute approximate surface area is 96.6 Å². The molecule has 0 aliphatic heterocycles. The lowest BCUT2D eigenvalue weighted by Gasteiger charge is -2.05. The van der Waals surface area contributed by atoms with Crippen molar-refractivity contribution in [3.05, 3.63) is 30.5 Å². The summed E-state index contributed by atoms with van der Waals surface area (Å²) in [7, 11) is 1.73. The van der Waals surface area contributed by atoms with Crippen LogP contribution in [0.1, 0.15) is 0 Å². The zero-order chi connectivity index (χ0) is 12.4. The highest BCUT2D eigenvalue weighted by Crippen LogP contribution is 2.27. The topological polar surface area (TPSA) is 53.1 Å². The van der Waals surface area contributed by atoms with Crippen LogP contribution in [-0.4, -0.2) is 16.4 Å². The van der Waals surface area contributed by atoms with Gasteiger partial charge in [0.2, 0.25) is 0 Å². The number of ether oxygens (including phenoxy) is 1. The van der Waals surface area contributed by atoms with E-state index in [1.807, 2.05) is 0 Å². The molecule has 0 unspecified atom stereocenters. The molecule has 0 atom stereocenters. The van der Waals surface area contributed by atoms with Crippen LogP contribution in [0, 0.1) is 0 Å². The molecular formula is C11H11F2N3O. The lowest BCUT2D eigenvalue weighted by atomic mass is 10.1. The number of anilines is 1. The molecule has 1 heterocycles. The Hall–Kier alpha value is -2.11. The standard InChI is InChI=1S/C11H11F2N3O/c1-16-10(14)9(6-15-16)7-2-4-8(5-3-7)17-11(12)13/h2-6,11H,14H2,1H3. The molecule has 0 amide bonds. The van der Waals surface area contributed by atoms with Gasteiger partial charge in [0, 0.05) is 12.6 Å². The maximum absolute atomic E-state index is 12.0.